The van der Waals surface area contributed by atoms with E-state index in [1.807, 2.05) is 24.3 Å². The summed E-state index contributed by atoms with van der Waals surface area (Å²) in [6.07, 6.45) is 9.20. The summed E-state index contributed by atoms with van der Waals surface area (Å²) < 4.78 is 0. The highest BCUT2D eigenvalue weighted by molar-refractivity contribution is 6.31. The molecule has 0 saturated heterocycles. The highest BCUT2D eigenvalue weighted by Gasteiger charge is 2.13. The number of nitrogens with one attached hydrogen (secondary N) is 2. The van der Waals surface area contributed by atoms with Crippen LogP contribution in [0.5, 0.6) is 0 Å². The molecule has 0 atom stereocenters. The zero-order chi connectivity index (χ0) is 15.9. The Labute approximate surface area is 141 Å². The fraction of sp³-hybridized carbons (Fsp3) is 0.471. The molecule has 23 heavy (non-hydrogen) atoms. The van der Waals surface area contributed by atoms with Crippen LogP contribution in [0.2, 0.25) is 5.02 Å². The minimum atomic E-state index is 0.457. The summed E-state index contributed by atoms with van der Waals surface area (Å²) in [5.74, 6) is 1.30. The second-order valence-electron chi connectivity index (χ2n) is 5.94. The lowest BCUT2D eigenvalue weighted by atomic mass is 10.1. The Balaban J connectivity index is 1.59. The minimum absolute atomic E-state index is 0.457. The fourth-order valence-corrected chi connectivity index (χ4v) is 3.09. The summed E-state index contributed by atoms with van der Waals surface area (Å²) in [5.41, 5.74) is 1.03. The van der Waals surface area contributed by atoms with E-state index >= 15 is 0 Å². The molecule has 3 rings (SSSR count). The molecule has 0 amide bonds. The average Bonchev–Trinajstić information content (AvgIpc) is 2.83. The second kappa shape index (κ2) is 8.11. The van der Waals surface area contributed by atoms with Crippen LogP contribution in [0.15, 0.2) is 30.5 Å². The van der Waals surface area contributed by atoms with Crippen LogP contribution in [0.1, 0.15) is 44.1 Å². The first-order chi connectivity index (χ1) is 11.3. The molecular weight excluding hydrogens is 310 g/mol. The first kappa shape index (κ1) is 16.0. The van der Waals surface area contributed by atoms with Gasteiger partial charge in [-0.05, 0) is 24.5 Å². The molecule has 0 aliphatic heterocycles. The van der Waals surface area contributed by atoms with E-state index in [0.29, 0.717) is 24.4 Å². The Morgan fingerprint density at radius 2 is 1.87 bits per heavy atom. The van der Waals surface area contributed by atoms with Gasteiger partial charge in [-0.1, -0.05) is 55.5 Å². The summed E-state index contributed by atoms with van der Waals surface area (Å²) in [5, 5.41) is 15.6. The lowest BCUT2D eigenvalue weighted by Gasteiger charge is -2.16. The molecular formula is C17H22ClN5. The summed E-state index contributed by atoms with van der Waals surface area (Å²) in [6.45, 7) is 0.612. The van der Waals surface area contributed by atoms with Gasteiger partial charge in [0.25, 0.3) is 0 Å². The van der Waals surface area contributed by atoms with E-state index in [9.17, 15) is 0 Å². The Morgan fingerprint density at radius 3 is 2.65 bits per heavy atom. The summed E-state index contributed by atoms with van der Waals surface area (Å²) >= 11 is 6.17. The van der Waals surface area contributed by atoms with Crippen LogP contribution < -0.4 is 10.6 Å². The lowest BCUT2D eigenvalue weighted by Crippen LogP contribution is -2.20. The molecule has 5 nitrogen and oxygen atoms in total. The van der Waals surface area contributed by atoms with Crippen molar-refractivity contribution in [3.8, 4) is 0 Å². The third kappa shape index (κ3) is 4.79. The molecule has 1 aromatic heterocycles. The lowest BCUT2D eigenvalue weighted by molar-refractivity contribution is 0.613. The molecule has 1 aliphatic carbocycles. The highest BCUT2D eigenvalue weighted by Crippen LogP contribution is 2.20. The topological polar surface area (TPSA) is 62.7 Å². The number of hydrogen-bond acceptors (Lipinski definition) is 5. The zero-order valence-electron chi connectivity index (χ0n) is 13.1. The van der Waals surface area contributed by atoms with E-state index in [2.05, 4.69) is 25.8 Å². The van der Waals surface area contributed by atoms with E-state index in [1.165, 1.54) is 38.5 Å². The molecule has 0 spiro atoms. The van der Waals surface area contributed by atoms with Gasteiger partial charge < -0.3 is 10.6 Å². The monoisotopic (exact) mass is 331 g/mol. The van der Waals surface area contributed by atoms with Crippen molar-refractivity contribution in [1.82, 2.24) is 15.2 Å². The molecule has 1 aromatic carbocycles. The van der Waals surface area contributed by atoms with Crippen LogP contribution in [0, 0.1) is 0 Å². The van der Waals surface area contributed by atoms with Crippen LogP contribution in [0.25, 0.3) is 0 Å². The second-order valence-corrected chi connectivity index (χ2v) is 6.35. The first-order valence-electron chi connectivity index (χ1n) is 8.25. The predicted octanol–water partition coefficient (Wildman–Crippen LogP) is 4.27. The highest BCUT2D eigenvalue weighted by atomic mass is 35.5. The predicted molar refractivity (Wildman–Crippen MR) is 93.7 cm³/mol. The summed E-state index contributed by atoms with van der Waals surface area (Å²) in [6, 6.07) is 8.23. The van der Waals surface area contributed by atoms with Crippen LogP contribution in [-0.4, -0.2) is 21.2 Å². The van der Waals surface area contributed by atoms with Crippen LogP contribution >= 0.6 is 11.6 Å². The minimum Gasteiger partial charge on any atom is -0.364 e. The van der Waals surface area contributed by atoms with Crippen molar-refractivity contribution in [2.45, 2.75) is 51.1 Å². The number of benzene rings is 1. The number of hydrogen-bond donors (Lipinski definition) is 2. The molecule has 122 valence electrons. The fourth-order valence-electron chi connectivity index (χ4n) is 2.88. The smallest absolute Gasteiger partial charge is 0.244 e. The van der Waals surface area contributed by atoms with Gasteiger partial charge in [0.05, 0.1) is 6.20 Å². The molecule has 2 N–H and O–H groups in total. The van der Waals surface area contributed by atoms with Gasteiger partial charge in [-0.25, -0.2) is 0 Å². The van der Waals surface area contributed by atoms with Gasteiger partial charge in [-0.15, -0.1) is 5.10 Å². The Morgan fingerprint density at radius 1 is 1.09 bits per heavy atom. The van der Waals surface area contributed by atoms with E-state index in [0.717, 1.165) is 10.6 Å². The molecule has 1 saturated carbocycles. The van der Waals surface area contributed by atoms with E-state index in [4.69, 9.17) is 11.6 Å². The van der Waals surface area contributed by atoms with E-state index in [-0.39, 0.29) is 0 Å². The molecule has 1 heterocycles. The third-order valence-electron chi connectivity index (χ3n) is 4.17. The van der Waals surface area contributed by atoms with Crippen LogP contribution in [-0.2, 0) is 6.54 Å². The molecule has 0 bridgehead atoms. The Kier molecular flexibility index (Phi) is 5.64. The molecule has 1 fully saturated rings. The van der Waals surface area contributed by atoms with Gasteiger partial charge in [-0.3, -0.25) is 0 Å². The van der Waals surface area contributed by atoms with E-state index < -0.39 is 0 Å². The average molecular weight is 332 g/mol. The molecule has 1 aliphatic rings. The molecule has 6 heteroatoms. The van der Waals surface area contributed by atoms with Gasteiger partial charge in [0.2, 0.25) is 5.95 Å². The maximum atomic E-state index is 6.17. The van der Waals surface area contributed by atoms with E-state index in [1.54, 1.807) is 6.20 Å². The summed E-state index contributed by atoms with van der Waals surface area (Å²) in [4.78, 5) is 4.50. The van der Waals surface area contributed by atoms with Gasteiger partial charge >= 0.3 is 0 Å². The van der Waals surface area contributed by atoms with Gasteiger partial charge in [0.1, 0.15) is 0 Å². The van der Waals surface area contributed by atoms with Crippen LogP contribution in [0.3, 0.4) is 0 Å². The molecule has 0 unspecified atom stereocenters. The van der Waals surface area contributed by atoms with Crippen molar-refractivity contribution in [2.24, 2.45) is 0 Å². The zero-order valence-corrected chi connectivity index (χ0v) is 13.9. The maximum absolute atomic E-state index is 6.17. The largest absolute Gasteiger partial charge is 0.364 e. The van der Waals surface area contributed by atoms with Gasteiger partial charge in [0.15, 0.2) is 5.82 Å². The first-order valence-corrected chi connectivity index (χ1v) is 8.62. The maximum Gasteiger partial charge on any atom is 0.244 e. The number of aromatic nitrogens is 3. The van der Waals surface area contributed by atoms with Crippen molar-refractivity contribution in [3.05, 3.63) is 41.0 Å². The summed E-state index contributed by atoms with van der Waals surface area (Å²) in [7, 11) is 0. The van der Waals surface area contributed by atoms with Crippen molar-refractivity contribution in [1.29, 1.82) is 0 Å². The Bertz CT molecular complexity index is 626. The van der Waals surface area contributed by atoms with Crippen molar-refractivity contribution < 1.29 is 0 Å². The number of rotatable bonds is 5. The normalized spacial score (nSPS) is 15.9. The van der Waals surface area contributed by atoms with Gasteiger partial charge in [0, 0.05) is 17.6 Å². The standard InChI is InChI=1S/C17H22ClN5/c18-15-10-6-5-7-13(15)11-19-16-12-20-23-17(22-16)21-14-8-3-1-2-4-9-14/h5-7,10,12,14H,1-4,8-9,11H2,(H2,19,21,22,23). The molecule has 2 aromatic rings. The van der Waals surface area contributed by atoms with Crippen molar-refractivity contribution in [2.75, 3.05) is 10.6 Å². The quantitative estimate of drug-likeness (QED) is 0.801. The number of anilines is 2. The van der Waals surface area contributed by atoms with Crippen molar-refractivity contribution >= 4 is 23.4 Å². The number of nitrogens with zero attached hydrogens (tertiary/aromatic N) is 3. The van der Waals surface area contributed by atoms with Crippen molar-refractivity contribution in [3.63, 3.8) is 0 Å². The Hall–Kier alpha value is -1.88. The SMILES string of the molecule is Clc1ccccc1CNc1cnnc(NC2CCCCCC2)n1. The third-order valence-corrected chi connectivity index (χ3v) is 4.53. The molecule has 0 radical (unpaired) electrons. The van der Waals surface area contributed by atoms with Gasteiger partial charge in [-0.2, -0.15) is 10.1 Å². The van der Waals surface area contributed by atoms with Crippen LogP contribution in [0.4, 0.5) is 11.8 Å². The number of halogens is 1.